The molecule has 3 aliphatic heterocycles. The van der Waals surface area contributed by atoms with E-state index in [1.54, 1.807) is 18.8 Å². The van der Waals surface area contributed by atoms with E-state index in [-0.39, 0.29) is 11.8 Å². The smallest absolute Gasteiger partial charge is 0.244 e. The molecule has 1 amide bonds. The van der Waals surface area contributed by atoms with Gasteiger partial charge in [-0.2, -0.15) is 0 Å². The second-order valence-corrected chi connectivity index (χ2v) is 9.87. The molecule has 2 N–H and O–H groups in total. The van der Waals surface area contributed by atoms with E-state index in [1.165, 1.54) is 25.9 Å². The summed E-state index contributed by atoms with van der Waals surface area (Å²) in [5, 5.41) is 6.54. The molecule has 3 aromatic heterocycles. The summed E-state index contributed by atoms with van der Waals surface area (Å²) in [6.45, 7) is 7.93. The summed E-state index contributed by atoms with van der Waals surface area (Å²) in [4.78, 5) is 35.2. The first-order valence-electron chi connectivity index (χ1n) is 12.9. The lowest BCUT2D eigenvalue weighted by atomic mass is 9.91. The molecule has 0 bridgehead atoms. The molecule has 188 valence electrons. The third-order valence-electron chi connectivity index (χ3n) is 7.63. The summed E-state index contributed by atoms with van der Waals surface area (Å²) in [6.07, 6.45) is 9.26. The average molecular weight is 489 g/mol. The van der Waals surface area contributed by atoms with Gasteiger partial charge in [0, 0.05) is 37.7 Å². The number of hydrogen-bond acceptors (Lipinski definition) is 9. The van der Waals surface area contributed by atoms with Gasteiger partial charge in [0.2, 0.25) is 11.8 Å². The van der Waals surface area contributed by atoms with Crippen LogP contribution in [0.3, 0.4) is 0 Å². The molecule has 6 rings (SSSR count). The maximum Gasteiger partial charge on any atom is 0.244 e. The number of anilines is 3. The van der Waals surface area contributed by atoms with E-state index in [9.17, 15) is 4.79 Å². The summed E-state index contributed by atoms with van der Waals surface area (Å²) < 4.78 is 5.53. The van der Waals surface area contributed by atoms with Gasteiger partial charge in [0.15, 0.2) is 0 Å². The molecular formula is C26H32N8O2. The Bertz CT molecular complexity index is 1220. The quantitative estimate of drug-likeness (QED) is 0.516. The van der Waals surface area contributed by atoms with Crippen LogP contribution in [0.1, 0.15) is 55.7 Å². The van der Waals surface area contributed by atoms with Crippen molar-refractivity contribution in [1.82, 2.24) is 24.8 Å². The molecule has 2 fully saturated rings. The summed E-state index contributed by atoms with van der Waals surface area (Å²) in [5.41, 5.74) is 3.84. The first-order chi connectivity index (χ1) is 17.7. The van der Waals surface area contributed by atoms with Gasteiger partial charge in [-0.05, 0) is 57.8 Å². The lowest BCUT2D eigenvalue weighted by Crippen LogP contribution is -2.35. The van der Waals surface area contributed by atoms with E-state index < -0.39 is 0 Å². The summed E-state index contributed by atoms with van der Waals surface area (Å²) in [7, 11) is 0. The van der Waals surface area contributed by atoms with Crippen molar-refractivity contribution in [3.05, 3.63) is 42.2 Å². The van der Waals surface area contributed by atoms with Crippen molar-refractivity contribution >= 4 is 23.2 Å². The van der Waals surface area contributed by atoms with E-state index in [0.29, 0.717) is 17.6 Å². The van der Waals surface area contributed by atoms with Crippen LogP contribution >= 0.6 is 0 Å². The summed E-state index contributed by atoms with van der Waals surface area (Å²) in [6, 6.07) is 4.10. The predicted octanol–water partition coefficient (Wildman–Crippen LogP) is 3.47. The summed E-state index contributed by atoms with van der Waals surface area (Å²) in [5.74, 6) is 2.11. The number of carbonyl (C=O) groups is 1. The fraction of sp³-hybridized carbons (Fsp3) is 0.500. The number of likely N-dealkylation sites (tertiary alicyclic amines) is 1. The van der Waals surface area contributed by atoms with Gasteiger partial charge in [-0.3, -0.25) is 4.79 Å². The Morgan fingerprint density at radius 2 is 1.94 bits per heavy atom. The van der Waals surface area contributed by atoms with Crippen LogP contribution in [-0.2, 0) is 4.79 Å². The molecule has 10 nitrogen and oxygen atoms in total. The zero-order chi connectivity index (χ0) is 24.5. The Kier molecular flexibility index (Phi) is 6.27. The Labute approximate surface area is 210 Å². The number of rotatable bonds is 7. The van der Waals surface area contributed by atoms with E-state index in [2.05, 4.69) is 41.5 Å². The van der Waals surface area contributed by atoms with Gasteiger partial charge in [0.25, 0.3) is 0 Å². The first-order valence-corrected chi connectivity index (χ1v) is 12.9. The Balaban J connectivity index is 1.20. The molecule has 36 heavy (non-hydrogen) atoms. The van der Waals surface area contributed by atoms with Crippen molar-refractivity contribution in [3.63, 3.8) is 0 Å². The van der Waals surface area contributed by atoms with Gasteiger partial charge in [0.1, 0.15) is 29.9 Å². The van der Waals surface area contributed by atoms with E-state index in [4.69, 9.17) is 9.40 Å². The summed E-state index contributed by atoms with van der Waals surface area (Å²) >= 11 is 0. The number of pyridine rings is 1. The Hall–Kier alpha value is -3.53. The normalized spacial score (nSPS) is 20.5. The number of aromatic nitrogens is 4. The van der Waals surface area contributed by atoms with Crippen LogP contribution in [-0.4, -0.2) is 70.0 Å². The molecule has 3 aliphatic rings. The van der Waals surface area contributed by atoms with Crippen LogP contribution in [0, 0.1) is 0 Å². The number of piperidine rings is 1. The second-order valence-electron chi connectivity index (χ2n) is 9.87. The highest BCUT2D eigenvalue weighted by atomic mass is 16.3. The fourth-order valence-electron chi connectivity index (χ4n) is 5.62. The minimum absolute atomic E-state index is 0.0150. The van der Waals surface area contributed by atoms with Gasteiger partial charge in [-0.15, -0.1) is 0 Å². The van der Waals surface area contributed by atoms with Crippen molar-refractivity contribution in [2.45, 2.75) is 44.4 Å². The van der Waals surface area contributed by atoms with Crippen molar-refractivity contribution in [1.29, 1.82) is 0 Å². The van der Waals surface area contributed by atoms with Crippen LogP contribution in [0.4, 0.5) is 17.3 Å². The Morgan fingerprint density at radius 3 is 2.72 bits per heavy atom. The SMILES string of the molecule is CC1C(=O)Nc2ncnc(N3CCC(c4nc(-c5ncco5)ccc4NCCN4CCCC4)CC3)c21. The first kappa shape index (κ1) is 22.9. The highest BCUT2D eigenvalue weighted by molar-refractivity contribution is 6.03. The monoisotopic (exact) mass is 488 g/mol. The van der Waals surface area contributed by atoms with Crippen molar-refractivity contribution in [2.75, 3.05) is 54.8 Å². The average Bonchev–Trinajstić information content (AvgIpc) is 3.68. The van der Waals surface area contributed by atoms with Crippen LogP contribution in [0.2, 0.25) is 0 Å². The zero-order valence-electron chi connectivity index (χ0n) is 20.6. The maximum atomic E-state index is 12.2. The molecular weight excluding hydrogens is 456 g/mol. The third kappa shape index (κ3) is 4.41. The molecule has 3 aromatic rings. The molecule has 0 saturated carbocycles. The largest absolute Gasteiger partial charge is 0.443 e. The van der Waals surface area contributed by atoms with Gasteiger partial charge in [0.05, 0.1) is 23.5 Å². The van der Waals surface area contributed by atoms with Gasteiger partial charge in [-0.25, -0.2) is 19.9 Å². The van der Waals surface area contributed by atoms with E-state index in [0.717, 1.165) is 67.5 Å². The van der Waals surface area contributed by atoms with Crippen LogP contribution in [0.5, 0.6) is 0 Å². The van der Waals surface area contributed by atoms with Gasteiger partial charge in [-0.1, -0.05) is 0 Å². The molecule has 0 spiro atoms. The molecule has 0 aromatic carbocycles. The van der Waals surface area contributed by atoms with Crippen LogP contribution in [0.25, 0.3) is 11.6 Å². The van der Waals surface area contributed by atoms with Crippen LogP contribution in [0.15, 0.2) is 35.3 Å². The highest BCUT2D eigenvalue weighted by Crippen LogP contribution is 2.40. The van der Waals surface area contributed by atoms with Gasteiger partial charge >= 0.3 is 0 Å². The van der Waals surface area contributed by atoms with Gasteiger partial charge < -0.3 is 24.9 Å². The van der Waals surface area contributed by atoms with Crippen LogP contribution < -0.4 is 15.5 Å². The fourth-order valence-corrected chi connectivity index (χ4v) is 5.62. The zero-order valence-corrected chi connectivity index (χ0v) is 20.6. The lowest BCUT2D eigenvalue weighted by molar-refractivity contribution is -0.116. The molecule has 0 aliphatic carbocycles. The third-order valence-corrected chi connectivity index (χ3v) is 7.63. The molecule has 2 saturated heterocycles. The molecule has 6 heterocycles. The minimum Gasteiger partial charge on any atom is -0.443 e. The number of amides is 1. The molecule has 0 radical (unpaired) electrons. The maximum absolute atomic E-state index is 12.2. The van der Waals surface area contributed by atoms with Crippen molar-refractivity contribution < 1.29 is 9.21 Å². The number of hydrogen-bond donors (Lipinski definition) is 2. The number of fused-ring (bicyclic) bond motifs is 1. The second kappa shape index (κ2) is 9.85. The number of nitrogens with one attached hydrogen (secondary N) is 2. The Morgan fingerprint density at radius 1 is 1.11 bits per heavy atom. The molecule has 10 heteroatoms. The number of carbonyl (C=O) groups excluding carboxylic acids is 1. The minimum atomic E-state index is -0.237. The molecule has 1 unspecified atom stereocenters. The van der Waals surface area contributed by atoms with Crippen molar-refractivity contribution in [3.8, 4) is 11.6 Å². The standard InChI is InChI=1S/C26H32N8O2/c1-17-21-23(32-25(17)35)29-16-30-24(21)34-12-6-18(7-13-34)22-19(27-8-14-33-10-2-3-11-33)4-5-20(31-22)26-28-9-15-36-26/h4-5,9,15-18,27H,2-3,6-8,10-14H2,1H3,(H,29,30,32,35). The highest BCUT2D eigenvalue weighted by Gasteiger charge is 2.34. The number of oxazole rings is 1. The van der Waals surface area contributed by atoms with Crippen molar-refractivity contribution in [2.24, 2.45) is 0 Å². The topological polar surface area (TPSA) is 112 Å². The van der Waals surface area contributed by atoms with E-state index >= 15 is 0 Å². The molecule has 1 atom stereocenters. The lowest BCUT2D eigenvalue weighted by Gasteiger charge is -2.34. The van der Waals surface area contributed by atoms with E-state index in [1.807, 2.05) is 13.0 Å². The number of nitrogens with zero attached hydrogens (tertiary/aromatic N) is 6. The predicted molar refractivity (Wildman–Crippen MR) is 137 cm³/mol.